The minimum atomic E-state index is -0.360. The molecule has 5 heteroatoms. The number of amides is 1. The molecule has 0 saturated heterocycles. The summed E-state index contributed by atoms with van der Waals surface area (Å²) in [5.74, 6) is 1.02. The average Bonchev–Trinajstić information content (AvgIpc) is 2.43. The summed E-state index contributed by atoms with van der Waals surface area (Å²) in [5, 5.41) is 0. The third-order valence-electron chi connectivity index (χ3n) is 3.47. The van der Waals surface area contributed by atoms with Gasteiger partial charge in [-0.1, -0.05) is 28.1 Å². The fraction of sp³-hybridized carbons (Fsp3) is 0.500. The molecule has 19 heavy (non-hydrogen) atoms. The first kappa shape index (κ1) is 14.9. The number of benzene rings is 1. The van der Waals surface area contributed by atoms with Gasteiger partial charge in [-0.2, -0.15) is 11.8 Å². The molecule has 1 aliphatic rings. The molecule has 1 heterocycles. The van der Waals surface area contributed by atoms with Crippen LogP contribution in [0.5, 0.6) is 0 Å². The largest absolute Gasteiger partial charge is 0.337 e. The number of nitrogens with two attached hydrogens (primary N) is 1. The molecule has 0 aromatic heterocycles. The van der Waals surface area contributed by atoms with Gasteiger partial charge >= 0.3 is 0 Å². The van der Waals surface area contributed by atoms with Crippen LogP contribution in [0.4, 0.5) is 0 Å². The van der Waals surface area contributed by atoms with Gasteiger partial charge in [-0.25, -0.2) is 0 Å². The van der Waals surface area contributed by atoms with Crippen molar-refractivity contribution in [2.75, 3.05) is 18.6 Å². The summed E-state index contributed by atoms with van der Waals surface area (Å²) in [4.78, 5) is 14.2. The Morgan fingerprint density at radius 3 is 3.11 bits per heavy atom. The molecular weight excluding hydrogens is 324 g/mol. The maximum absolute atomic E-state index is 12.3. The lowest BCUT2D eigenvalue weighted by molar-refractivity contribution is -0.133. The third-order valence-corrected chi connectivity index (χ3v) is 4.86. The standard InChI is InChI=1S/C14H19BrN2OS/c1-19-8-6-13(16)14(18)17-7-5-11-10(9-17)3-2-4-12(11)15/h2-4,13H,5-9,16H2,1H3. The van der Waals surface area contributed by atoms with Crippen LogP contribution in [0, 0.1) is 0 Å². The average molecular weight is 343 g/mol. The van der Waals surface area contributed by atoms with Gasteiger partial charge in [0.25, 0.3) is 0 Å². The van der Waals surface area contributed by atoms with Crippen LogP contribution in [0.1, 0.15) is 17.5 Å². The van der Waals surface area contributed by atoms with E-state index in [2.05, 4.69) is 28.1 Å². The van der Waals surface area contributed by atoms with Crippen LogP contribution in [0.3, 0.4) is 0 Å². The number of hydrogen-bond donors (Lipinski definition) is 1. The van der Waals surface area contributed by atoms with Crippen LogP contribution >= 0.6 is 27.7 Å². The zero-order valence-electron chi connectivity index (χ0n) is 11.1. The van der Waals surface area contributed by atoms with E-state index in [9.17, 15) is 4.79 Å². The monoisotopic (exact) mass is 342 g/mol. The second kappa shape index (κ2) is 6.77. The second-order valence-corrected chi connectivity index (χ2v) is 6.62. The van der Waals surface area contributed by atoms with E-state index in [0.29, 0.717) is 6.54 Å². The van der Waals surface area contributed by atoms with Crippen molar-refractivity contribution in [3.05, 3.63) is 33.8 Å². The first-order chi connectivity index (χ1) is 9.13. The Labute approximate surface area is 127 Å². The highest BCUT2D eigenvalue weighted by Gasteiger charge is 2.25. The topological polar surface area (TPSA) is 46.3 Å². The molecular formula is C14H19BrN2OS. The molecule has 1 aromatic carbocycles. The number of carbonyl (C=O) groups excluding carboxylic acids is 1. The Morgan fingerprint density at radius 2 is 2.37 bits per heavy atom. The Bertz CT molecular complexity index is 467. The second-order valence-electron chi connectivity index (χ2n) is 4.78. The fourth-order valence-corrected chi connectivity index (χ4v) is 3.45. The predicted octanol–water partition coefficient (Wildman–Crippen LogP) is 2.41. The van der Waals surface area contributed by atoms with E-state index >= 15 is 0 Å². The predicted molar refractivity (Wildman–Crippen MR) is 84.2 cm³/mol. The van der Waals surface area contributed by atoms with E-state index in [1.54, 1.807) is 11.8 Å². The normalized spacial score (nSPS) is 16.1. The van der Waals surface area contributed by atoms with Crippen molar-refractivity contribution in [3.8, 4) is 0 Å². The minimum absolute atomic E-state index is 0.0830. The molecule has 1 amide bonds. The number of nitrogens with zero attached hydrogens (tertiary/aromatic N) is 1. The van der Waals surface area contributed by atoms with E-state index in [1.165, 1.54) is 11.1 Å². The van der Waals surface area contributed by atoms with E-state index in [4.69, 9.17) is 5.73 Å². The molecule has 0 spiro atoms. The number of fused-ring (bicyclic) bond motifs is 1. The Kier molecular flexibility index (Phi) is 5.30. The Balaban J connectivity index is 2.03. The Morgan fingerprint density at radius 1 is 1.58 bits per heavy atom. The molecule has 0 fully saturated rings. The third kappa shape index (κ3) is 3.52. The maximum Gasteiger partial charge on any atom is 0.239 e. The van der Waals surface area contributed by atoms with Crippen LogP contribution in [-0.2, 0) is 17.8 Å². The molecule has 104 valence electrons. The fourth-order valence-electron chi connectivity index (χ4n) is 2.35. The van der Waals surface area contributed by atoms with Crippen molar-refractivity contribution in [1.29, 1.82) is 0 Å². The summed E-state index contributed by atoms with van der Waals surface area (Å²) < 4.78 is 1.14. The molecule has 0 bridgehead atoms. The van der Waals surface area contributed by atoms with Gasteiger partial charge in [-0.05, 0) is 42.0 Å². The molecule has 2 rings (SSSR count). The lowest BCUT2D eigenvalue weighted by Crippen LogP contribution is -2.46. The first-order valence-electron chi connectivity index (χ1n) is 6.43. The van der Waals surface area contributed by atoms with Crippen LogP contribution < -0.4 is 5.73 Å². The zero-order valence-corrected chi connectivity index (χ0v) is 13.5. The molecule has 0 aliphatic carbocycles. The van der Waals surface area contributed by atoms with E-state index in [-0.39, 0.29) is 11.9 Å². The van der Waals surface area contributed by atoms with E-state index in [0.717, 1.165) is 29.6 Å². The van der Waals surface area contributed by atoms with Gasteiger partial charge in [0, 0.05) is 17.6 Å². The summed E-state index contributed by atoms with van der Waals surface area (Å²) in [6.45, 7) is 1.45. The van der Waals surface area contributed by atoms with Gasteiger partial charge in [0.05, 0.1) is 6.04 Å². The number of hydrogen-bond acceptors (Lipinski definition) is 3. The van der Waals surface area contributed by atoms with Crippen molar-refractivity contribution < 1.29 is 4.79 Å². The van der Waals surface area contributed by atoms with E-state index < -0.39 is 0 Å². The number of thioether (sulfide) groups is 1. The molecule has 3 nitrogen and oxygen atoms in total. The maximum atomic E-state index is 12.3. The van der Waals surface area contributed by atoms with Gasteiger partial charge in [-0.3, -0.25) is 4.79 Å². The van der Waals surface area contributed by atoms with Gasteiger partial charge in [-0.15, -0.1) is 0 Å². The SMILES string of the molecule is CSCCC(N)C(=O)N1CCc2c(Br)cccc2C1. The molecule has 1 atom stereocenters. The number of halogens is 1. The highest BCUT2D eigenvalue weighted by atomic mass is 79.9. The van der Waals surface area contributed by atoms with Crippen molar-refractivity contribution in [1.82, 2.24) is 4.90 Å². The molecule has 1 aromatic rings. The van der Waals surface area contributed by atoms with Crippen molar-refractivity contribution in [2.45, 2.75) is 25.4 Å². The highest BCUT2D eigenvalue weighted by molar-refractivity contribution is 9.10. The van der Waals surface area contributed by atoms with Gasteiger partial charge < -0.3 is 10.6 Å². The summed E-state index contributed by atoms with van der Waals surface area (Å²) in [6.07, 6.45) is 3.69. The van der Waals surface area contributed by atoms with Gasteiger partial charge in [0.1, 0.15) is 0 Å². The summed E-state index contributed by atoms with van der Waals surface area (Å²) in [6, 6.07) is 5.80. The summed E-state index contributed by atoms with van der Waals surface area (Å²) >= 11 is 5.30. The quantitative estimate of drug-likeness (QED) is 0.913. The summed E-state index contributed by atoms with van der Waals surface area (Å²) in [5.41, 5.74) is 8.52. The van der Waals surface area contributed by atoms with Crippen LogP contribution in [0.25, 0.3) is 0 Å². The van der Waals surface area contributed by atoms with Crippen LogP contribution in [-0.4, -0.2) is 35.4 Å². The zero-order chi connectivity index (χ0) is 13.8. The van der Waals surface area contributed by atoms with Crippen LogP contribution in [0.2, 0.25) is 0 Å². The molecule has 0 radical (unpaired) electrons. The van der Waals surface area contributed by atoms with E-state index in [1.807, 2.05) is 17.2 Å². The van der Waals surface area contributed by atoms with Crippen molar-refractivity contribution in [2.24, 2.45) is 5.73 Å². The first-order valence-corrected chi connectivity index (χ1v) is 8.61. The lowest BCUT2D eigenvalue weighted by Gasteiger charge is -2.31. The van der Waals surface area contributed by atoms with Crippen molar-refractivity contribution >= 4 is 33.6 Å². The lowest BCUT2D eigenvalue weighted by atomic mass is 9.99. The molecule has 2 N–H and O–H groups in total. The minimum Gasteiger partial charge on any atom is -0.337 e. The van der Waals surface area contributed by atoms with Crippen molar-refractivity contribution in [3.63, 3.8) is 0 Å². The molecule has 1 aliphatic heterocycles. The highest BCUT2D eigenvalue weighted by Crippen LogP contribution is 2.26. The number of carbonyl (C=O) groups is 1. The van der Waals surface area contributed by atoms with Crippen LogP contribution in [0.15, 0.2) is 22.7 Å². The Hall–Kier alpha value is -0.520. The summed E-state index contributed by atoms with van der Waals surface area (Å²) in [7, 11) is 0. The molecule has 0 saturated carbocycles. The van der Waals surface area contributed by atoms with Gasteiger partial charge in [0.15, 0.2) is 0 Å². The smallest absolute Gasteiger partial charge is 0.239 e. The number of rotatable bonds is 4. The van der Waals surface area contributed by atoms with Gasteiger partial charge in [0.2, 0.25) is 5.91 Å². The molecule has 1 unspecified atom stereocenters.